The van der Waals surface area contributed by atoms with E-state index in [0.717, 1.165) is 6.42 Å². The van der Waals surface area contributed by atoms with E-state index in [1.165, 1.54) is 0 Å². The molecule has 0 spiro atoms. The first-order chi connectivity index (χ1) is 7.10. The van der Waals surface area contributed by atoms with Gasteiger partial charge in [0.05, 0.1) is 12.6 Å². The summed E-state index contributed by atoms with van der Waals surface area (Å²) in [6.07, 6.45) is 0.860. The van der Waals surface area contributed by atoms with E-state index in [-0.39, 0.29) is 24.4 Å². The Morgan fingerprint density at radius 2 is 2.20 bits per heavy atom. The number of carbonyl (C=O) groups is 2. The van der Waals surface area contributed by atoms with Crippen LogP contribution >= 0.6 is 0 Å². The molecule has 15 heavy (non-hydrogen) atoms. The maximum Gasteiger partial charge on any atom is 0.236 e. The van der Waals surface area contributed by atoms with Crippen molar-refractivity contribution >= 4 is 11.8 Å². The van der Waals surface area contributed by atoms with Crippen LogP contribution in [0.15, 0.2) is 0 Å². The van der Waals surface area contributed by atoms with E-state index in [4.69, 9.17) is 5.73 Å². The monoisotopic (exact) mass is 213 g/mol. The highest BCUT2D eigenvalue weighted by atomic mass is 16.2. The lowest BCUT2D eigenvalue weighted by Gasteiger charge is -2.26. The second-order valence-corrected chi connectivity index (χ2v) is 3.79. The molecule has 1 aliphatic rings. The number of likely N-dealkylation sites (N-methyl/N-ethyl adjacent to an activating group) is 1. The van der Waals surface area contributed by atoms with Crippen LogP contribution in [0.4, 0.5) is 0 Å². The Bertz CT molecular complexity index is 255. The van der Waals surface area contributed by atoms with Gasteiger partial charge in [0.2, 0.25) is 11.8 Å². The van der Waals surface area contributed by atoms with E-state index in [1.54, 1.807) is 11.8 Å². The van der Waals surface area contributed by atoms with E-state index in [1.807, 2.05) is 11.8 Å². The molecule has 0 bridgehead atoms. The summed E-state index contributed by atoms with van der Waals surface area (Å²) in [7, 11) is 0. The molecule has 0 aromatic rings. The zero-order valence-electron chi connectivity index (χ0n) is 9.40. The van der Waals surface area contributed by atoms with Gasteiger partial charge >= 0.3 is 0 Å². The number of nitrogens with two attached hydrogens (primary N) is 1. The Morgan fingerprint density at radius 1 is 1.53 bits per heavy atom. The molecule has 0 aliphatic carbocycles. The second kappa shape index (κ2) is 5.11. The minimum Gasteiger partial charge on any atom is -0.339 e. The van der Waals surface area contributed by atoms with Crippen molar-refractivity contribution in [1.29, 1.82) is 0 Å². The lowest BCUT2D eigenvalue weighted by Crippen LogP contribution is -2.42. The zero-order valence-corrected chi connectivity index (χ0v) is 9.40. The minimum absolute atomic E-state index is 0.0305. The Kier molecular flexibility index (Phi) is 4.08. The molecule has 5 nitrogen and oxygen atoms in total. The van der Waals surface area contributed by atoms with E-state index in [2.05, 4.69) is 0 Å². The molecule has 0 saturated carbocycles. The first-order valence-electron chi connectivity index (χ1n) is 5.35. The molecule has 0 aromatic carbocycles. The first-order valence-corrected chi connectivity index (χ1v) is 5.35. The van der Waals surface area contributed by atoms with Crippen LogP contribution in [0, 0.1) is 0 Å². The molecule has 1 atom stereocenters. The number of amides is 2. The Balaban J connectivity index is 2.54. The normalized spacial score (nSPS) is 20.5. The molecule has 1 aliphatic heterocycles. The number of hydrogen-bond donors (Lipinski definition) is 1. The molecular formula is C10H19N3O2. The number of hydrogen-bond acceptors (Lipinski definition) is 3. The van der Waals surface area contributed by atoms with Crippen molar-refractivity contribution in [3.63, 3.8) is 0 Å². The quantitative estimate of drug-likeness (QED) is 0.681. The number of likely N-dealkylation sites (tertiary alicyclic amines) is 1. The van der Waals surface area contributed by atoms with Crippen molar-refractivity contribution in [2.75, 3.05) is 26.2 Å². The van der Waals surface area contributed by atoms with Gasteiger partial charge in [-0.05, 0) is 13.3 Å². The fraction of sp³-hybridized carbons (Fsp3) is 0.800. The van der Waals surface area contributed by atoms with Crippen LogP contribution in [0.1, 0.15) is 20.3 Å². The molecule has 0 radical (unpaired) electrons. The summed E-state index contributed by atoms with van der Waals surface area (Å²) >= 11 is 0. The molecule has 2 N–H and O–H groups in total. The van der Waals surface area contributed by atoms with Crippen molar-refractivity contribution in [2.24, 2.45) is 5.73 Å². The van der Waals surface area contributed by atoms with Gasteiger partial charge < -0.3 is 15.5 Å². The molecular weight excluding hydrogens is 194 g/mol. The third-order valence-electron chi connectivity index (χ3n) is 2.88. The van der Waals surface area contributed by atoms with Gasteiger partial charge in [-0.3, -0.25) is 9.59 Å². The van der Waals surface area contributed by atoms with Gasteiger partial charge in [-0.25, -0.2) is 0 Å². The predicted octanol–water partition coefficient (Wildman–Crippen LogP) is -0.586. The summed E-state index contributed by atoms with van der Waals surface area (Å²) in [4.78, 5) is 26.2. The molecule has 1 heterocycles. The van der Waals surface area contributed by atoms with Crippen molar-refractivity contribution in [3.05, 3.63) is 0 Å². The van der Waals surface area contributed by atoms with Gasteiger partial charge in [0, 0.05) is 26.6 Å². The fourth-order valence-corrected chi connectivity index (χ4v) is 2.09. The van der Waals surface area contributed by atoms with E-state index in [0.29, 0.717) is 19.6 Å². The smallest absolute Gasteiger partial charge is 0.236 e. The molecule has 0 aromatic heterocycles. The zero-order chi connectivity index (χ0) is 11.4. The van der Waals surface area contributed by atoms with Gasteiger partial charge in [0.25, 0.3) is 0 Å². The molecule has 1 rings (SSSR count). The van der Waals surface area contributed by atoms with Crippen molar-refractivity contribution in [2.45, 2.75) is 26.3 Å². The number of carbonyl (C=O) groups excluding carboxylic acids is 2. The summed E-state index contributed by atoms with van der Waals surface area (Å²) in [5.74, 6) is 0.0432. The van der Waals surface area contributed by atoms with Gasteiger partial charge in [-0.1, -0.05) is 0 Å². The third-order valence-corrected chi connectivity index (χ3v) is 2.88. The minimum atomic E-state index is -0.0305. The summed E-state index contributed by atoms with van der Waals surface area (Å²) in [5, 5.41) is 0. The summed E-state index contributed by atoms with van der Waals surface area (Å²) < 4.78 is 0. The summed E-state index contributed by atoms with van der Waals surface area (Å²) in [5.41, 5.74) is 5.29. The van der Waals surface area contributed by atoms with Crippen LogP contribution < -0.4 is 5.73 Å². The topological polar surface area (TPSA) is 66.6 Å². The lowest BCUT2D eigenvalue weighted by molar-refractivity contribution is -0.132. The summed E-state index contributed by atoms with van der Waals surface area (Å²) in [6.45, 7) is 5.61. The Morgan fingerprint density at radius 3 is 2.67 bits per heavy atom. The van der Waals surface area contributed by atoms with Crippen molar-refractivity contribution < 1.29 is 9.59 Å². The molecule has 86 valence electrons. The number of rotatable bonds is 3. The van der Waals surface area contributed by atoms with E-state index in [9.17, 15) is 9.59 Å². The highest BCUT2D eigenvalue weighted by Gasteiger charge is 2.30. The molecule has 1 fully saturated rings. The SMILES string of the molecule is CCN(C(C)=O)[C@H]1CCN(C(=O)CN)C1. The van der Waals surface area contributed by atoms with Gasteiger partial charge in [-0.2, -0.15) is 0 Å². The van der Waals surface area contributed by atoms with Crippen LogP contribution in [0.25, 0.3) is 0 Å². The third kappa shape index (κ3) is 2.68. The molecule has 5 heteroatoms. The van der Waals surface area contributed by atoms with Gasteiger partial charge in [-0.15, -0.1) is 0 Å². The van der Waals surface area contributed by atoms with Crippen molar-refractivity contribution in [3.8, 4) is 0 Å². The fourth-order valence-electron chi connectivity index (χ4n) is 2.09. The second-order valence-electron chi connectivity index (χ2n) is 3.79. The van der Waals surface area contributed by atoms with Crippen LogP contribution in [0.3, 0.4) is 0 Å². The van der Waals surface area contributed by atoms with Crippen LogP contribution in [0.5, 0.6) is 0 Å². The Hall–Kier alpha value is -1.10. The van der Waals surface area contributed by atoms with Gasteiger partial charge in [0.1, 0.15) is 0 Å². The standard InChI is InChI=1S/C10H19N3O2/c1-3-13(8(2)14)9-4-5-12(7-9)10(15)6-11/h9H,3-7,11H2,1-2H3/t9-/m0/s1. The van der Waals surface area contributed by atoms with Gasteiger partial charge in [0.15, 0.2) is 0 Å². The molecule has 1 saturated heterocycles. The highest BCUT2D eigenvalue weighted by Crippen LogP contribution is 2.15. The predicted molar refractivity (Wildman–Crippen MR) is 57.1 cm³/mol. The largest absolute Gasteiger partial charge is 0.339 e. The average Bonchev–Trinajstić information content (AvgIpc) is 2.66. The van der Waals surface area contributed by atoms with E-state index < -0.39 is 0 Å². The number of nitrogens with zero attached hydrogens (tertiary/aromatic N) is 2. The maximum absolute atomic E-state index is 11.3. The van der Waals surface area contributed by atoms with Crippen LogP contribution in [-0.2, 0) is 9.59 Å². The Labute approximate surface area is 90.2 Å². The maximum atomic E-state index is 11.3. The van der Waals surface area contributed by atoms with Crippen molar-refractivity contribution in [1.82, 2.24) is 9.80 Å². The van der Waals surface area contributed by atoms with Crippen LogP contribution in [0.2, 0.25) is 0 Å². The van der Waals surface area contributed by atoms with E-state index >= 15 is 0 Å². The highest BCUT2D eigenvalue weighted by molar-refractivity contribution is 5.78. The molecule has 2 amide bonds. The first kappa shape index (κ1) is 12.0. The average molecular weight is 213 g/mol. The summed E-state index contributed by atoms with van der Waals surface area (Å²) in [6, 6.07) is 0.169. The molecule has 0 unspecified atom stereocenters. The van der Waals surface area contributed by atoms with Crippen LogP contribution in [-0.4, -0.2) is 53.8 Å². The lowest BCUT2D eigenvalue weighted by atomic mass is 10.2.